The lowest BCUT2D eigenvalue weighted by atomic mass is 10.2. The Bertz CT molecular complexity index is 2500. The summed E-state index contributed by atoms with van der Waals surface area (Å²) in [5, 5.41) is 5.13. The molecule has 6 rings (SSSR count). The molecule has 2 heterocycles. The first-order valence-corrected chi connectivity index (χ1v) is 20.9. The van der Waals surface area contributed by atoms with Gasteiger partial charge in [-0.1, -0.05) is 107 Å². The van der Waals surface area contributed by atoms with E-state index in [1.165, 1.54) is 34.4 Å². The molecule has 2 aromatic heterocycles. The summed E-state index contributed by atoms with van der Waals surface area (Å²) in [5.41, 5.74) is 0.770. The molecule has 0 aliphatic rings. The molecule has 306 valence electrons. The predicted molar refractivity (Wildman–Crippen MR) is 239 cm³/mol. The number of thiazole rings is 2. The smallest absolute Gasteiger partial charge is 0.352 e. The first kappa shape index (κ1) is 45.3. The third-order valence-corrected chi connectivity index (χ3v) is 10.9. The van der Waals surface area contributed by atoms with Gasteiger partial charge in [0.1, 0.15) is 21.2 Å². The van der Waals surface area contributed by atoms with Gasteiger partial charge in [0.25, 0.3) is 11.8 Å². The summed E-state index contributed by atoms with van der Waals surface area (Å²) in [5.74, 6) is -1.68. The van der Waals surface area contributed by atoms with Crippen LogP contribution in [0.4, 0.5) is 11.6 Å². The number of benzene rings is 4. The van der Waals surface area contributed by atoms with Crippen molar-refractivity contribution < 1.29 is 28.7 Å². The molecule has 16 heteroatoms. The number of esters is 2. The fourth-order valence-corrected chi connectivity index (χ4v) is 7.93. The van der Waals surface area contributed by atoms with E-state index in [0.29, 0.717) is 20.1 Å². The lowest BCUT2D eigenvalue weighted by Crippen LogP contribution is -2.29. The molecule has 0 spiro atoms. The molecular formula is C43H38Cl4N4O6S2. The number of hydrogen-bond acceptors (Lipinski definition) is 10. The van der Waals surface area contributed by atoms with Crippen LogP contribution in [-0.4, -0.2) is 52.0 Å². The van der Waals surface area contributed by atoms with Crippen molar-refractivity contribution in [2.45, 2.75) is 52.7 Å². The number of carbonyl (C=O) groups is 4. The fourth-order valence-electron chi connectivity index (χ4n) is 5.06. The molecular weight excluding hydrogens is 874 g/mol. The minimum atomic E-state index is -0.687. The Morgan fingerprint density at radius 3 is 1.53 bits per heavy atom. The molecule has 0 atom stereocenters. The normalized spacial score (nSPS) is 11.2. The van der Waals surface area contributed by atoms with Crippen LogP contribution >= 0.6 is 69.1 Å². The Hall–Kier alpha value is -4.82. The van der Waals surface area contributed by atoms with E-state index in [-0.39, 0.29) is 42.6 Å². The van der Waals surface area contributed by atoms with Crippen LogP contribution in [0, 0.1) is 0 Å². The molecule has 6 aromatic rings. The van der Waals surface area contributed by atoms with Crippen molar-refractivity contribution in [1.82, 2.24) is 9.97 Å². The molecule has 0 aliphatic carbocycles. The Kier molecular flexibility index (Phi) is 14.6. The first-order valence-electron chi connectivity index (χ1n) is 17.8. The highest BCUT2D eigenvalue weighted by molar-refractivity contribution is 7.17. The van der Waals surface area contributed by atoms with Crippen molar-refractivity contribution in [1.29, 1.82) is 0 Å². The van der Waals surface area contributed by atoms with Crippen LogP contribution in [0.1, 0.15) is 81.6 Å². The van der Waals surface area contributed by atoms with Crippen LogP contribution in [0.15, 0.2) is 97.1 Å². The molecule has 0 saturated carbocycles. The summed E-state index contributed by atoms with van der Waals surface area (Å²) in [7, 11) is 1.55. The quantitative estimate of drug-likeness (QED) is 0.150. The van der Waals surface area contributed by atoms with Crippen LogP contribution in [-0.2, 0) is 9.47 Å². The van der Waals surface area contributed by atoms with Gasteiger partial charge in [0.2, 0.25) is 0 Å². The van der Waals surface area contributed by atoms with Crippen molar-refractivity contribution in [3.05, 3.63) is 138 Å². The molecule has 10 nitrogen and oxygen atoms in total. The number of aromatic nitrogens is 2. The summed E-state index contributed by atoms with van der Waals surface area (Å²) in [6.45, 7) is 10.7. The molecule has 0 bridgehead atoms. The molecule has 2 amide bonds. The number of amides is 2. The molecule has 0 saturated heterocycles. The monoisotopic (exact) mass is 910 g/mol. The Morgan fingerprint density at radius 2 is 1.05 bits per heavy atom. The van der Waals surface area contributed by atoms with Gasteiger partial charge in [-0.05, 0) is 77.9 Å². The molecule has 4 aromatic carbocycles. The van der Waals surface area contributed by atoms with Gasteiger partial charge in [-0.2, -0.15) is 0 Å². The number of nitrogens with one attached hydrogen (secondary N) is 1. The third-order valence-electron chi connectivity index (χ3n) is 7.64. The molecule has 0 radical (unpaired) electrons. The summed E-state index contributed by atoms with van der Waals surface area (Å²) >= 11 is 26.5. The minimum absolute atomic E-state index is 0.124. The summed E-state index contributed by atoms with van der Waals surface area (Å²) in [4.78, 5) is 62.2. The van der Waals surface area contributed by atoms with Crippen molar-refractivity contribution in [2.24, 2.45) is 0 Å². The Morgan fingerprint density at radius 1 is 0.610 bits per heavy atom. The SMILES string of the molecule is CC(C)(C)OC(=O)c1sc(-c2ccccc2)nc1NC(=O)c1ccc(Cl)cc1Cl.CN(C(=O)c1ccc(Cl)cc1Cl)c1nc(-c2ccccc2)sc1C(=O)OC(C)(C)C. The largest absolute Gasteiger partial charge is 0.456 e. The Labute approximate surface area is 370 Å². The molecule has 59 heavy (non-hydrogen) atoms. The van der Waals surface area contributed by atoms with Crippen LogP contribution in [0.2, 0.25) is 20.1 Å². The second-order valence-corrected chi connectivity index (χ2v) is 18.4. The number of anilines is 2. The molecule has 0 unspecified atom stereocenters. The topological polar surface area (TPSA) is 128 Å². The summed E-state index contributed by atoms with van der Waals surface area (Å²) < 4.78 is 11.0. The van der Waals surface area contributed by atoms with Crippen LogP contribution in [0.25, 0.3) is 21.1 Å². The summed E-state index contributed by atoms with van der Waals surface area (Å²) in [6, 6.07) is 28.0. The van der Waals surface area contributed by atoms with Gasteiger partial charge in [0.05, 0.1) is 21.2 Å². The molecule has 0 aliphatic heterocycles. The lowest BCUT2D eigenvalue weighted by molar-refractivity contribution is 0.00631. The van der Waals surface area contributed by atoms with E-state index in [2.05, 4.69) is 15.3 Å². The average Bonchev–Trinajstić information content (AvgIpc) is 3.80. The van der Waals surface area contributed by atoms with E-state index in [1.807, 2.05) is 60.7 Å². The second kappa shape index (κ2) is 19.1. The van der Waals surface area contributed by atoms with Crippen LogP contribution < -0.4 is 10.2 Å². The average molecular weight is 913 g/mol. The van der Waals surface area contributed by atoms with Crippen molar-refractivity contribution in [2.75, 3.05) is 17.3 Å². The standard InChI is InChI=1S/C22H20Cl2N2O3S.C21H18Cl2N2O3S/c1-22(2,3)29-21(28)17-18(25-19(30-17)13-8-6-5-7-9-13)26(4)20(27)15-11-10-14(23)12-16(15)24;1-21(2,3)28-20(27)16-17(25-19(29-16)12-7-5-4-6-8-12)24-18(26)14-10-9-13(22)11-15(14)23/h5-12H,1-4H3;4-11H,1-3H3,(H,24,26). The van der Waals surface area contributed by atoms with Crippen molar-refractivity contribution >= 4 is 104 Å². The first-order chi connectivity index (χ1) is 27.7. The predicted octanol–water partition coefficient (Wildman–Crippen LogP) is 12.7. The van der Waals surface area contributed by atoms with E-state index < -0.39 is 35.0 Å². The van der Waals surface area contributed by atoms with E-state index in [4.69, 9.17) is 55.9 Å². The highest BCUT2D eigenvalue weighted by Gasteiger charge is 2.30. The van der Waals surface area contributed by atoms with Gasteiger partial charge in [0, 0.05) is 28.2 Å². The number of ether oxygens (including phenoxy) is 2. The maximum absolute atomic E-state index is 13.1. The number of nitrogens with zero attached hydrogens (tertiary/aromatic N) is 3. The van der Waals surface area contributed by atoms with Gasteiger partial charge in [-0.15, -0.1) is 22.7 Å². The fraction of sp³-hybridized carbons (Fsp3) is 0.209. The van der Waals surface area contributed by atoms with Gasteiger partial charge in [-0.3, -0.25) is 14.5 Å². The number of halogens is 4. The number of hydrogen-bond donors (Lipinski definition) is 1. The van der Waals surface area contributed by atoms with E-state index in [9.17, 15) is 19.2 Å². The van der Waals surface area contributed by atoms with Gasteiger partial charge >= 0.3 is 11.9 Å². The zero-order valence-corrected chi connectivity index (χ0v) is 37.5. The Balaban J connectivity index is 0.000000224. The van der Waals surface area contributed by atoms with E-state index in [0.717, 1.165) is 22.5 Å². The summed E-state index contributed by atoms with van der Waals surface area (Å²) in [6.07, 6.45) is 0. The van der Waals surface area contributed by atoms with Crippen LogP contribution in [0.5, 0.6) is 0 Å². The zero-order valence-electron chi connectivity index (χ0n) is 32.9. The second-order valence-electron chi connectivity index (χ2n) is 14.7. The van der Waals surface area contributed by atoms with Gasteiger partial charge in [-0.25, -0.2) is 19.6 Å². The maximum Gasteiger partial charge on any atom is 0.352 e. The zero-order chi connectivity index (χ0) is 43.2. The van der Waals surface area contributed by atoms with E-state index in [1.54, 1.807) is 66.8 Å². The van der Waals surface area contributed by atoms with Crippen molar-refractivity contribution in [3.63, 3.8) is 0 Å². The third kappa shape index (κ3) is 12.1. The molecule has 0 fully saturated rings. The minimum Gasteiger partial charge on any atom is -0.456 e. The number of carbonyl (C=O) groups excluding carboxylic acids is 4. The molecule has 1 N–H and O–H groups in total. The van der Waals surface area contributed by atoms with Gasteiger partial charge < -0.3 is 14.8 Å². The maximum atomic E-state index is 13.1. The van der Waals surface area contributed by atoms with Crippen molar-refractivity contribution in [3.8, 4) is 21.1 Å². The van der Waals surface area contributed by atoms with Gasteiger partial charge in [0.15, 0.2) is 21.4 Å². The highest BCUT2D eigenvalue weighted by Crippen LogP contribution is 2.36. The highest BCUT2D eigenvalue weighted by atomic mass is 35.5. The lowest BCUT2D eigenvalue weighted by Gasteiger charge is -2.21. The van der Waals surface area contributed by atoms with Crippen LogP contribution in [0.3, 0.4) is 0 Å². The number of rotatable bonds is 8. The van der Waals surface area contributed by atoms with E-state index >= 15 is 0 Å².